The van der Waals surface area contributed by atoms with Crippen molar-refractivity contribution in [3.63, 3.8) is 0 Å². The van der Waals surface area contributed by atoms with E-state index < -0.39 is 0 Å². The predicted molar refractivity (Wildman–Crippen MR) is 75.8 cm³/mol. The van der Waals surface area contributed by atoms with Crippen molar-refractivity contribution < 1.29 is 9.59 Å². The maximum absolute atomic E-state index is 12.2. The number of carbonyl (C=O) groups is 2. The predicted octanol–water partition coefficient (Wildman–Crippen LogP) is 2.23. The number of carbonyl (C=O) groups excluding carboxylic acids is 2. The first kappa shape index (κ1) is 14.1. The Hall–Kier alpha value is -1.36. The van der Waals surface area contributed by atoms with Crippen LogP contribution in [0.3, 0.4) is 0 Å². The zero-order valence-electron chi connectivity index (χ0n) is 11.1. The summed E-state index contributed by atoms with van der Waals surface area (Å²) in [5.74, 6) is 0.0243. The van der Waals surface area contributed by atoms with Crippen molar-refractivity contribution >= 4 is 23.2 Å². The van der Waals surface area contributed by atoms with Crippen LogP contribution in [0.5, 0.6) is 0 Å². The summed E-state index contributed by atoms with van der Waals surface area (Å²) in [5.41, 5.74) is 0. The quantitative estimate of drug-likeness (QED) is 0.869. The van der Waals surface area contributed by atoms with E-state index in [2.05, 4.69) is 23.6 Å². The third-order valence-corrected chi connectivity index (χ3v) is 4.40. The molecule has 1 fully saturated rings. The van der Waals surface area contributed by atoms with Gasteiger partial charge in [-0.15, -0.1) is 11.3 Å². The molecule has 4 nitrogen and oxygen atoms in total. The lowest BCUT2D eigenvalue weighted by atomic mass is 9.97. The van der Waals surface area contributed by atoms with Crippen LogP contribution in [0.1, 0.15) is 43.5 Å². The molecule has 1 aromatic rings. The van der Waals surface area contributed by atoms with Gasteiger partial charge in [-0.1, -0.05) is 19.4 Å². The standard InChI is InChI=1S/C14H20N2O2S/c1-2-4-11(12-5-3-8-19-12)16-14(18)10-6-7-13(17)15-9-10/h3,5,8,10-11H,2,4,6-7,9H2,1H3,(H,15,17)(H,16,18). The fraction of sp³-hybridized carbons (Fsp3) is 0.571. The number of hydrogen-bond donors (Lipinski definition) is 2. The van der Waals surface area contributed by atoms with Crippen molar-refractivity contribution in [2.24, 2.45) is 5.92 Å². The lowest BCUT2D eigenvalue weighted by Crippen LogP contribution is -2.43. The minimum atomic E-state index is -0.0861. The molecule has 0 spiro atoms. The van der Waals surface area contributed by atoms with Crippen molar-refractivity contribution in [1.29, 1.82) is 0 Å². The minimum absolute atomic E-state index is 0.0485. The number of piperidine rings is 1. The van der Waals surface area contributed by atoms with Crippen LogP contribution in [0.4, 0.5) is 0 Å². The first-order chi connectivity index (χ1) is 9.20. The Bertz CT molecular complexity index is 421. The normalized spacial score (nSPS) is 20.7. The molecule has 0 saturated carbocycles. The fourth-order valence-corrected chi connectivity index (χ4v) is 3.12. The van der Waals surface area contributed by atoms with Gasteiger partial charge in [-0.2, -0.15) is 0 Å². The average molecular weight is 280 g/mol. The summed E-state index contributed by atoms with van der Waals surface area (Å²) >= 11 is 1.68. The number of hydrogen-bond acceptors (Lipinski definition) is 3. The molecule has 1 aliphatic heterocycles. The van der Waals surface area contributed by atoms with E-state index in [1.807, 2.05) is 11.4 Å². The highest BCUT2D eigenvalue weighted by Crippen LogP contribution is 2.24. The van der Waals surface area contributed by atoms with E-state index in [0.717, 1.165) is 12.8 Å². The van der Waals surface area contributed by atoms with Crippen LogP contribution in [0.15, 0.2) is 17.5 Å². The van der Waals surface area contributed by atoms with Gasteiger partial charge in [0.1, 0.15) is 0 Å². The van der Waals surface area contributed by atoms with Crippen LogP contribution in [0.25, 0.3) is 0 Å². The van der Waals surface area contributed by atoms with Gasteiger partial charge < -0.3 is 10.6 Å². The van der Waals surface area contributed by atoms with E-state index in [0.29, 0.717) is 19.4 Å². The monoisotopic (exact) mass is 280 g/mol. The Labute approximate surface area is 117 Å². The Morgan fingerprint density at radius 3 is 3.05 bits per heavy atom. The molecule has 2 atom stereocenters. The molecule has 5 heteroatoms. The molecule has 0 aromatic carbocycles. The molecule has 2 heterocycles. The highest BCUT2D eigenvalue weighted by Gasteiger charge is 2.26. The molecule has 0 radical (unpaired) electrons. The number of amides is 2. The van der Waals surface area contributed by atoms with E-state index in [4.69, 9.17) is 0 Å². The summed E-state index contributed by atoms with van der Waals surface area (Å²) in [6.45, 7) is 2.58. The zero-order valence-corrected chi connectivity index (χ0v) is 12.0. The molecule has 2 unspecified atom stereocenters. The number of rotatable bonds is 5. The molecule has 2 rings (SSSR count). The van der Waals surface area contributed by atoms with Crippen LogP contribution < -0.4 is 10.6 Å². The van der Waals surface area contributed by atoms with Gasteiger partial charge in [0.25, 0.3) is 0 Å². The van der Waals surface area contributed by atoms with Crippen LogP contribution in [-0.2, 0) is 9.59 Å². The average Bonchev–Trinajstić information content (AvgIpc) is 2.92. The topological polar surface area (TPSA) is 58.2 Å². The summed E-state index contributed by atoms with van der Waals surface area (Å²) in [4.78, 5) is 24.5. The van der Waals surface area contributed by atoms with Gasteiger partial charge in [-0.25, -0.2) is 0 Å². The minimum Gasteiger partial charge on any atom is -0.355 e. The lowest BCUT2D eigenvalue weighted by molar-refractivity contribution is -0.129. The van der Waals surface area contributed by atoms with Crippen LogP contribution in [-0.4, -0.2) is 18.4 Å². The second-order valence-electron chi connectivity index (χ2n) is 4.90. The molecule has 1 aliphatic rings. The van der Waals surface area contributed by atoms with Gasteiger partial charge in [-0.05, 0) is 24.3 Å². The summed E-state index contributed by atoms with van der Waals surface area (Å²) in [6.07, 6.45) is 3.09. The van der Waals surface area contributed by atoms with Crippen LogP contribution in [0.2, 0.25) is 0 Å². The smallest absolute Gasteiger partial charge is 0.225 e. The Morgan fingerprint density at radius 1 is 1.63 bits per heavy atom. The van der Waals surface area contributed by atoms with E-state index in [9.17, 15) is 9.59 Å². The molecule has 104 valence electrons. The fourth-order valence-electron chi connectivity index (χ4n) is 2.31. The van der Waals surface area contributed by atoms with Crippen molar-refractivity contribution in [3.05, 3.63) is 22.4 Å². The molecule has 2 N–H and O–H groups in total. The van der Waals surface area contributed by atoms with Crippen molar-refractivity contribution in [3.8, 4) is 0 Å². The second kappa shape index (κ2) is 6.70. The molecule has 2 amide bonds. The number of nitrogens with one attached hydrogen (secondary N) is 2. The molecule has 1 aromatic heterocycles. The van der Waals surface area contributed by atoms with E-state index >= 15 is 0 Å². The Morgan fingerprint density at radius 2 is 2.47 bits per heavy atom. The first-order valence-corrected chi connectivity index (χ1v) is 7.69. The largest absolute Gasteiger partial charge is 0.355 e. The molecular weight excluding hydrogens is 260 g/mol. The van der Waals surface area contributed by atoms with Crippen molar-refractivity contribution in [1.82, 2.24) is 10.6 Å². The van der Waals surface area contributed by atoms with Crippen molar-refractivity contribution in [2.45, 2.75) is 38.6 Å². The maximum Gasteiger partial charge on any atom is 0.225 e. The maximum atomic E-state index is 12.2. The Kier molecular flexibility index (Phi) is 4.96. The van der Waals surface area contributed by atoms with E-state index in [1.165, 1.54) is 4.88 Å². The SMILES string of the molecule is CCCC(NC(=O)C1CCC(=O)NC1)c1cccs1. The van der Waals surface area contributed by atoms with E-state index in [1.54, 1.807) is 11.3 Å². The summed E-state index contributed by atoms with van der Waals surface area (Å²) in [7, 11) is 0. The Balaban J connectivity index is 1.93. The summed E-state index contributed by atoms with van der Waals surface area (Å²) in [6, 6.07) is 4.18. The van der Waals surface area contributed by atoms with Gasteiger partial charge >= 0.3 is 0 Å². The van der Waals surface area contributed by atoms with Gasteiger partial charge in [-0.3, -0.25) is 9.59 Å². The molecule has 0 aliphatic carbocycles. The van der Waals surface area contributed by atoms with Gasteiger partial charge in [0.2, 0.25) is 11.8 Å². The first-order valence-electron chi connectivity index (χ1n) is 6.81. The molecule has 1 saturated heterocycles. The van der Waals surface area contributed by atoms with Crippen LogP contribution in [0, 0.1) is 5.92 Å². The van der Waals surface area contributed by atoms with Gasteiger partial charge in [0.15, 0.2) is 0 Å². The van der Waals surface area contributed by atoms with Crippen LogP contribution >= 0.6 is 11.3 Å². The third-order valence-electron chi connectivity index (χ3n) is 3.42. The summed E-state index contributed by atoms with van der Waals surface area (Å²) in [5, 5.41) is 7.91. The lowest BCUT2D eigenvalue weighted by Gasteiger charge is -2.24. The summed E-state index contributed by atoms with van der Waals surface area (Å²) < 4.78 is 0. The highest BCUT2D eigenvalue weighted by atomic mass is 32.1. The highest BCUT2D eigenvalue weighted by molar-refractivity contribution is 7.10. The van der Waals surface area contributed by atoms with E-state index in [-0.39, 0.29) is 23.8 Å². The molecule has 19 heavy (non-hydrogen) atoms. The zero-order chi connectivity index (χ0) is 13.7. The number of thiophene rings is 1. The molecular formula is C14H20N2O2S. The van der Waals surface area contributed by atoms with Gasteiger partial charge in [0.05, 0.1) is 12.0 Å². The van der Waals surface area contributed by atoms with Crippen molar-refractivity contribution in [2.75, 3.05) is 6.54 Å². The van der Waals surface area contributed by atoms with Gasteiger partial charge in [0, 0.05) is 17.8 Å². The second-order valence-corrected chi connectivity index (χ2v) is 5.88. The third kappa shape index (κ3) is 3.80. The molecule has 0 bridgehead atoms.